The van der Waals surface area contributed by atoms with Crippen molar-refractivity contribution >= 4 is 11.7 Å². The molecule has 0 N–H and O–H groups in total. The summed E-state index contributed by atoms with van der Waals surface area (Å²) < 4.78 is 28.2. The Hall–Kier alpha value is -3.15. The van der Waals surface area contributed by atoms with E-state index in [0.29, 0.717) is 12.1 Å². The van der Waals surface area contributed by atoms with Gasteiger partial charge in [0, 0.05) is 36.8 Å². The predicted octanol–water partition coefficient (Wildman–Crippen LogP) is 5.98. The van der Waals surface area contributed by atoms with E-state index < -0.39 is 11.6 Å². The van der Waals surface area contributed by atoms with Crippen molar-refractivity contribution in [3.05, 3.63) is 77.6 Å². The molecule has 0 bridgehead atoms. The van der Waals surface area contributed by atoms with Crippen LogP contribution in [0, 0.1) is 11.6 Å². The fourth-order valence-electron chi connectivity index (χ4n) is 4.00. The van der Waals surface area contributed by atoms with Gasteiger partial charge in [0.2, 0.25) is 5.95 Å². The minimum absolute atomic E-state index is 0.00283. The Morgan fingerprint density at radius 1 is 0.935 bits per heavy atom. The van der Waals surface area contributed by atoms with Crippen LogP contribution in [0.4, 0.5) is 14.7 Å². The molecule has 1 unspecified atom stereocenters. The van der Waals surface area contributed by atoms with E-state index >= 15 is 0 Å². The van der Waals surface area contributed by atoms with Crippen molar-refractivity contribution in [2.24, 2.45) is 4.99 Å². The van der Waals surface area contributed by atoms with E-state index in [0.717, 1.165) is 48.6 Å². The molecule has 2 heterocycles. The molecule has 0 spiro atoms. The third kappa shape index (κ3) is 4.48. The molecular formula is C25H26F2N4. The second kappa shape index (κ2) is 9.33. The van der Waals surface area contributed by atoms with Gasteiger partial charge < -0.3 is 4.90 Å². The van der Waals surface area contributed by atoms with Crippen molar-refractivity contribution in [1.29, 1.82) is 0 Å². The maximum absolute atomic E-state index is 14.1. The van der Waals surface area contributed by atoms with Crippen LogP contribution in [0.15, 0.2) is 59.9 Å². The lowest BCUT2D eigenvalue weighted by Gasteiger charge is -2.19. The Labute approximate surface area is 181 Å². The topological polar surface area (TPSA) is 41.4 Å². The Morgan fingerprint density at radius 3 is 2.23 bits per heavy atom. The molecule has 1 aliphatic rings. The van der Waals surface area contributed by atoms with Gasteiger partial charge in [-0.15, -0.1) is 0 Å². The number of aliphatic imine (C=N–C) groups is 1. The van der Waals surface area contributed by atoms with Crippen LogP contribution < -0.4 is 4.90 Å². The van der Waals surface area contributed by atoms with Gasteiger partial charge in [-0.2, -0.15) is 0 Å². The Bertz CT molecular complexity index is 1040. The lowest BCUT2D eigenvalue weighted by Crippen LogP contribution is -2.25. The van der Waals surface area contributed by atoms with Crippen LogP contribution in [0.5, 0.6) is 0 Å². The Kier molecular flexibility index (Phi) is 6.35. The Balaban J connectivity index is 1.51. The normalized spacial score (nSPS) is 15.7. The molecule has 1 aliphatic heterocycles. The van der Waals surface area contributed by atoms with Gasteiger partial charge in [-0.05, 0) is 49.4 Å². The van der Waals surface area contributed by atoms with E-state index in [1.54, 1.807) is 0 Å². The summed E-state index contributed by atoms with van der Waals surface area (Å²) in [5.74, 6) is -0.365. The molecule has 3 aromatic rings. The number of anilines is 1. The molecule has 0 amide bonds. The summed E-state index contributed by atoms with van der Waals surface area (Å²) in [7, 11) is 0. The van der Waals surface area contributed by atoms with Crippen LogP contribution in [0.1, 0.15) is 50.3 Å². The number of rotatable bonds is 7. The maximum atomic E-state index is 14.1. The molecule has 0 saturated carbocycles. The zero-order valence-corrected chi connectivity index (χ0v) is 17.9. The minimum Gasteiger partial charge on any atom is -0.341 e. The van der Waals surface area contributed by atoms with Crippen molar-refractivity contribution in [3.8, 4) is 11.1 Å². The molecule has 0 fully saturated rings. The summed E-state index contributed by atoms with van der Waals surface area (Å²) in [5.41, 5.74) is 3.51. The van der Waals surface area contributed by atoms with E-state index in [9.17, 15) is 8.78 Å². The van der Waals surface area contributed by atoms with Crippen LogP contribution in [-0.4, -0.2) is 28.8 Å². The first kappa shape index (κ1) is 21.1. The summed E-state index contributed by atoms with van der Waals surface area (Å²) in [6.45, 7) is 6.06. The number of hydrogen-bond donors (Lipinski definition) is 0. The van der Waals surface area contributed by atoms with Gasteiger partial charge in [0.15, 0.2) is 0 Å². The second-order valence-electron chi connectivity index (χ2n) is 7.70. The van der Waals surface area contributed by atoms with Crippen molar-refractivity contribution < 1.29 is 8.78 Å². The number of aromatic nitrogens is 2. The predicted molar refractivity (Wildman–Crippen MR) is 121 cm³/mol. The molecule has 0 aliphatic carbocycles. The first-order chi connectivity index (χ1) is 15.1. The van der Waals surface area contributed by atoms with Crippen LogP contribution >= 0.6 is 0 Å². The third-order valence-electron chi connectivity index (χ3n) is 5.64. The highest BCUT2D eigenvalue weighted by molar-refractivity contribution is 6.02. The number of hydrogen-bond acceptors (Lipinski definition) is 4. The van der Waals surface area contributed by atoms with E-state index in [2.05, 4.69) is 33.7 Å². The standard InChI is InChI=1S/C25H26F2N4/c1-3-14-31(4-2)25-28-15-19(16-29-25)17-8-10-18(11-9-17)22-12-13-23(30-22)24-20(26)6-5-7-21(24)27/h5-11,15-16,22H,3-4,12-14H2,1-2H3. The molecule has 31 heavy (non-hydrogen) atoms. The van der Waals surface area contributed by atoms with E-state index in [4.69, 9.17) is 0 Å². The molecular weight excluding hydrogens is 394 g/mol. The zero-order chi connectivity index (χ0) is 21.8. The smallest absolute Gasteiger partial charge is 0.225 e. The first-order valence-corrected chi connectivity index (χ1v) is 10.8. The highest BCUT2D eigenvalue weighted by Gasteiger charge is 2.24. The molecule has 2 aromatic carbocycles. The van der Waals surface area contributed by atoms with Crippen molar-refractivity contribution in [2.75, 3.05) is 18.0 Å². The molecule has 1 atom stereocenters. The lowest BCUT2D eigenvalue weighted by molar-refractivity contribution is 0.578. The molecule has 4 nitrogen and oxygen atoms in total. The fourth-order valence-corrected chi connectivity index (χ4v) is 4.00. The van der Waals surface area contributed by atoms with Gasteiger partial charge in [0.1, 0.15) is 11.6 Å². The summed E-state index contributed by atoms with van der Waals surface area (Å²) in [6, 6.07) is 11.9. The summed E-state index contributed by atoms with van der Waals surface area (Å²) in [6.07, 6.45) is 6.05. The molecule has 0 radical (unpaired) electrons. The van der Waals surface area contributed by atoms with E-state index in [1.807, 2.05) is 36.7 Å². The van der Waals surface area contributed by atoms with Crippen molar-refractivity contribution in [3.63, 3.8) is 0 Å². The quantitative estimate of drug-likeness (QED) is 0.472. The van der Waals surface area contributed by atoms with E-state index in [1.165, 1.54) is 18.2 Å². The molecule has 1 aromatic heterocycles. The van der Waals surface area contributed by atoms with Crippen LogP contribution in [0.2, 0.25) is 0 Å². The zero-order valence-electron chi connectivity index (χ0n) is 17.9. The molecule has 6 heteroatoms. The maximum Gasteiger partial charge on any atom is 0.225 e. The molecule has 0 saturated heterocycles. The summed E-state index contributed by atoms with van der Waals surface area (Å²) >= 11 is 0. The van der Waals surface area contributed by atoms with Gasteiger partial charge in [-0.3, -0.25) is 4.99 Å². The fraction of sp³-hybridized carbons (Fsp3) is 0.320. The summed E-state index contributed by atoms with van der Waals surface area (Å²) in [4.78, 5) is 15.8. The second-order valence-corrected chi connectivity index (χ2v) is 7.70. The Morgan fingerprint density at radius 2 is 1.61 bits per heavy atom. The average Bonchev–Trinajstić information content (AvgIpc) is 3.27. The van der Waals surface area contributed by atoms with Crippen LogP contribution in [-0.2, 0) is 0 Å². The van der Waals surface area contributed by atoms with Crippen molar-refractivity contribution in [2.45, 2.75) is 39.2 Å². The largest absolute Gasteiger partial charge is 0.341 e. The summed E-state index contributed by atoms with van der Waals surface area (Å²) in [5, 5.41) is 0. The highest BCUT2D eigenvalue weighted by atomic mass is 19.1. The van der Waals surface area contributed by atoms with Crippen molar-refractivity contribution in [1.82, 2.24) is 9.97 Å². The van der Waals surface area contributed by atoms with Gasteiger partial charge in [0.25, 0.3) is 0 Å². The van der Waals surface area contributed by atoms with Gasteiger partial charge >= 0.3 is 0 Å². The molecule has 160 valence electrons. The van der Waals surface area contributed by atoms with Crippen LogP contribution in [0.3, 0.4) is 0 Å². The van der Waals surface area contributed by atoms with Gasteiger partial charge in [0.05, 0.1) is 11.6 Å². The number of halogens is 2. The molecule has 4 rings (SSSR count). The average molecular weight is 421 g/mol. The SMILES string of the molecule is CCCN(CC)c1ncc(-c2ccc(C3CCC(c4c(F)cccc4F)=N3)cc2)cn1. The lowest BCUT2D eigenvalue weighted by atomic mass is 10.0. The van der Waals surface area contributed by atoms with Crippen LogP contribution in [0.25, 0.3) is 11.1 Å². The van der Waals surface area contributed by atoms with E-state index in [-0.39, 0.29) is 11.6 Å². The first-order valence-electron chi connectivity index (χ1n) is 10.8. The number of nitrogens with zero attached hydrogens (tertiary/aromatic N) is 4. The highest BCUT2D eigenvalue weighted by Crippen LogP contribution is 2.33. The monoisotopic (exact) mass is 420 g/mol. The minimum atomic E-state index is -0.557. The van der Waals surface area contributed by atoms with Gasteiger partial charge in [-0.25, -0.2) is 18.7 Å². The third-order valence-corrected chi connectivity index (χ3v) is 5.64. The van der Waals surface area contributed by atoms with Gasteiger partial charge in [-0.1, -0.05) is 37.3 Å². The number of benzene rings is 2.